The molecule has 0 aliphatic carbocycles. The summed E-state index contributed by atoms with van der Waals surface area (Å²) in [6.45, 7) is 12.5. The van der Waals surface area contributed by atoms with Crippen LogP contribution in [-0.2, 0) is 16.1 Å². The molecule has 208 valence electrons. The maximum absolute atomic E-state index is 13.9. The van der Waals surface area contributed by atoms with Gasteiger partial charge in [0.15, 0.2) is 0 Å². The third kappa shape index (κ3) is 6.36. The minimum absolute atomic E-state index is 0.0287. The normalized spacial score (nSPS) is 15.0. The summed E-state index contributed by atoms with van der Waals surface area (Å²) in [6, 6.07) is 18.1. The second kappa shape index (κ2) is 12.5. The molecule has 0 saturated carbocycles. The number of ether oxygens (including phenoxy) is 1. The predicted molar refractivity (Wildman–Crippen MR) is 156 cm³/mol. The maximum atomic E-state index is 13.9. The van der Waals surface area contributed by atoms with Crippen LogP contribution in [0.1, 0.15) is 73.5 Å². The average Bonchev–Trinajstić information content (AvgIpc) is 3.39. The van der Waals surface area contributed by atoms with Gasteiger partial charge in [-0.15, -0.1) is 0 Å². The summed E-state index contributed by atoms with van der Waals surface area (Å²) in [5.74, 6) is 0.404. The molecule has 0 radical (unpaired) electrons. The molecule has 3 amide bonds. The molecule has 2 aromatic carbocycles. The van der Waals surface area contributed by atoms with Gasteiger partial charge in [0.25, 0.3) is 0 Å². The monoisotopic (exact) mass is 530 g/mol. The van der Waals surface area contributed by atoms with Gasteiger partial charge in [-0.05, 0) is 47.6 Å². The van der Waals surface area contributed by atoms with Crippen molar-refractivity contribution in [1.82, 2.24) is 14.4 Å². The zero-order chi connectivity index (χ0) is 28.1. The minimum Gasteiger partial charge on any atom is -0.383 e. The first-order chi connectivity index (χ1) is 18.7. The molecule has 1 aliphatic rings. The fourth-order valence-corrected chi connectivity index (χ4v) is 5.34. The summed E-state index contributed by atoms with van der Waals surface area (Å²) in [5.41, 5.74) is 6.34. The van der Waals surface area contributed by atoms with Crippen LogP contribution < -0.4 is 5.32 Å². The number of nitrogens with one attached hydrogen (secondary N) is 1. The van der Waals surface area contributed by atoms with Crippen molar-refractivity contribution in [3.63, 3.8) is 0 Å². The Labute approximate surface area is 232 Å². The standard InChI is InChI=1S/C32H42N4O3/c1-22(2)26-9-7-10-27(23(3)4)30(26)33-32(38)35(19-20-39-6)21-29(37)36-18-17-34-16-8-11-28(34)31(36)25-14-12-24(5)13-15-25/h7-16,22-23,31H,17-21H2,1-6H3,(H,33,38)/t31-/m0/s1. The van der Waals surface area contributed by atoms with Crippen LogP contribution in [-0.4, -0.2) is 59.7 Å². The topological polar surface area (TPSA) is 66.8 Å². The third-order valence-corrected chi connectivity index (χ3v) is 7.54. The molecule has 0 spiro atoms. The molecule has 0 unspecified atom stereocenters. The van der Waals surface area contributed by atoms with Crippen molar-refractivity contribution in [2.24, 2.45) is 0 Å². The first kappa shape index (κ1) is 28.4. The first-order valence-corrected chi connectivity index (χ1v) is 13.9. The van der Waals surface area contributed by atoms with Crippen LogP contribution >= 0.6 is 0 Å². The molecule has 0 fully saturated rings. The molecular weight excluding hydrogens is 488 g/mol. The van der Waals surface area contributed by atoms with Gasteiger partial charge in [0.2, 0.25) is 5.91 Å². The summed E-state index contributed by atoms with van der Waals surface area (Å²) in [7, 11) is 1.61. The lowest BCUT2D eigenvalue weighted by Crippen LogP contribution is -2.49. The largest absolute Gasteiger partial charge is 0.383 e. The van der Waals surface area contributed by atoms with Crippen molar-refractivity contribution in [2.45, 2.75) is 59.0 Å². The van der Waals surface area contributed by atoms with Crippen molar-refractivity contribution in [3.05, 3.63) is 88.7 Å². The fourth-order valence-electron chi connectivity index (χ4n) is 5.34. The number of para-hydroxylation sites is 1. The Morgan fingerprint density at radius 2 is 1.64 bits per heavy atom. The minimum atomic E-state index is -0.289. The molecule has 4 rings (SSSR count). The number of urea groups is 1. The zero-order valence-corrected chi connectivity index (χ0v) is 24.1. The van der Waals surface area contributed by atoms with E-state index in [2.05, 4.69) is 93.2 Å². The second-order valence-electron chi connectivity index (χ2n) is 11.0. The van der Waals surface area contributed by atoms with Crippen LogP contribution in [0.3, 0.4) is 0 Å². The van der Waals surface area contributed by atoms with Crippen LogP contribution in [0.4, 0.5) is 10.5 Å². The van der Waals surface area contributed by atoms with Gasteiger partial charge in [-0.2, -0.15) is 0 Å². The molecule has 7 heteroatoms. The van der Waals surface area contributed by atoms with E-state index in [0.717, 1.165) is 34.6 Å². The number of hydrogen-bond donors (Lipinski definition) is 1. The molecule has 3 aromatic rings. The van der Waals surface area contributed by atoms with E-state index < -0.39 is 0 Å². The van der Waals surface area contributed by atoms with Crippen LogP contribution in [0.2, 0.25) is 0 Å². The van der Waals surface area contributed by atoms with E-state index in [9.17, 15) is 9.59 Å². The van der Waals surface area contributed by atoms with Gasteiger partial charge in [0.1, 0.15) is 6.54 Å². The van der Waals surface area contributed by atoms with Crippen molar-refractivity contribution in [3.8, 4) is 0 Å². The summed E-state index contributed by atoms with van der Waals surface area (Å²) < 4.78 is 7.52. The number of nitrogens with zero attached hydrogens (tertiary/aromatic N) is 3. The maximum Gasteiger partial charge on any atom is 0.322 e. The second-order valence-corrected chi connectivity index (χ2v) is 11.0. The van der Waals surface area contributed by atoms with Crippen LogP contribution in [0.5, 0.6) is 0 Å². The molecule has 1 N–H and O–H groups in total. The molecule has 1 aliphatic heterocycles. The molecule has 0 saturated heterocycles. The summed E-state index contributed by atoms with van der Waals surface area (Å²) >= 11 is 0. The number of carbonyl (C=O) groups excluding carboxylic acids is 2. The lowest BCUT2D eigenvalue weighted by molar-refractivity contribution is -0.134. The van der Waals surface area contributed by atoms with Crippen molar-refractivity contribution >= 4 is 17.6 Å². The number of carbonyl (C=O) groups is 2. The molecule has 1 aromatic heterocycles. The van der Waals surface area contributed by atoms with Crippen molar-refractivity contribution < 1.29 is 14.3 Å². The van der Waals surface area contributed by atoms with E-state index in [-0.39, 0.29) is 36.4 Å². The third-order valence-electron chi connectivity index (χ3n) is 7.54. The lowest BCUT2D eigenvalue weighted by atomic mass is 9.93. The van der Waals surface area contributed by atoms with Crippen LogP contribution in [0, 0.1) is 6.92 Å². The SMILES string of the molecule is COCCN(CC(=O)N1CCn2cccc2[C@@H]1c1ccc(C)cc1)C(=O)Nc1c(C(C)C)cccc1C(C)C. The zero-order valence-electron chi connectivity index (χ0n) is 24.1. The van der Waals surface area contributed by atoms with Crippen LogP contribution in [0.25, 0.3) is 0 Å². The highest BCUT2D eigenvalue weighted by Gasteiger charge is 2.33. The highest BCUT2D eigenvalue weighted by molar-refractivity contribution is 5.94. The fraction of sp³-hybridized carbons (Fsp3) is 0.438. The number of benzene rings is 2. The average molecular weight is 531 g/mol. The molecular formula is C32H42N4O3. The highest BCUT2D eigenvalue weighted by Crippen LogP contribution is 2.34. The Hall–Kier alpha value is -3.58. The van der Waals surface area contributed by atoms with Gasteiger partial charge in [0.05, 0.1) is 12.6 Å². The number of amides is 3. The van der Waals surface area contributed by atoms with E-state index in [1.165, 1.54) is 5.56 Å². The lowest BCUT2D eigenvalue weighted by Gasteiger charge is -2.38. The Morgan fingerprint density at radius 1 is 0.974 bits per heavy atom. The Kier molecular flexibility index (Phi) is 9.12. The quantitative estimate of drug-likeness (QED) is 0.361. The van der Waals surface area contributed by atoms with E-state index in [1.54, 1.807) is 12.0 Å². The van der Waals surface area contributed by atoms with Gasteiger partial charge >= 0.3 is 6.03 Å². The number of aromatic nitrogens is 1. The van der Waals surface area contributed by atoms with Crippen LogP contribution in [0.15, 0.2) is 60.8 Å². The molecule has 2 heterocycles. The Bertz CT molecular complexity index is 1250. The molecule has 0 bridgehead atoms. The molecule has 39 heavy (non-hydrogen) atoms. The number of aryl methyl sites for hydroxylation is 1. The number of fused-ring (bicyclic) bond motifs is 1. The predicted octanol–water partition coefficient (Wildman–Crippen LogP) is 6.16. The Morgan fingerprint density at radius 3 is 2.26 bits per heavy atom. The number of methoxy groups -OCH3 is 1. The summed E-state index contributed by atoms with van der Waals surface area (Å²) in [6.07, 6.45) is 2.06. The summed E-state index contributed by atoms with van der Waals surface area (Å²) in [5, 5.41) is 3.18. The van der Waals surface area contributed by atoms with Gasteiger partial charge in [-0.25, -0.2) is 4.79 Å². The number of anilines is 1. The number of rotatable bonds is 9. The van der Waals surface area contributed by atoms with E-state index in [4.69, 9.17) is 4.74 Å². The van der Waals surface area contributed by atoms with Gasteiger partial charge < -0.3 is 24.4 Å². The molecule has 1 atom stereocenters. The molecule has 7 nitrogen and oxygen atoms in total. The summed E-state index contributed by atoms with van der Waals surface area (Å²) in [4.78, 5) is 31.1. The van der Waals surface area contributed by atoms with Crippen molar-refractivity contribution in [2.75, 3.05) is 38.7 Å². The van der Waals surface area contributed by atoms with E-state index >= 15 is 0 Å². The van der Waals surface area contributed by atoms with Gasteiger partial charge in [0, 0.05) is 44.3 Å². The van der Waals surface area contributed by atoms with E-state index in [1.807, 2.05) is 17.0 Å². The van der Waals surface area contributed by atoms with Crippen molar-refractivity contribution in [1.29, 1.82) is 0 Å². The van der Waals surface area contributed by atoms with Gasteiger partial charge in [-0.3, -0.25) is 4.79 Å². The smallest absolute Gasteiger partial charge is 0.322 e. The number of hydrogen-bond acceptors (Lipinski definition) is 3. The Balaban J connectivity index is 1.61. The van der Waals surface area contributed by atoms with Gasteiger partial charge in [-0.1, -0.05) is 75.7 Å². The van der Waals surface area contributed by atoms with E-state index in [0.29, 0.717) is 19.7 Å². The highest BCUT2D eigenvalue weighted by atomic mass is 16.5. The first-order valence-electron chi connectivity index (χ1n) is 13.9.